The zero-order valence-corrected chi connectivity index (χ0v) is 24.5. The second kappa shape index (κ2) is 10.2. The first kappa shape index (κ1) is 30.1. The second-order valence-corrected chi connectivity index (χ2v) is 12.1. The van der Waals surface area contributed by atoms with Gasteiger partial charge in [0.25, 0.3) is 0 Å². The fourth-order valence-corrected chi connectivity index (χ4v) is 6.93. The molecule has 2 aliphatic rings. The fourth-order valence-electron chi connectivity index (χ4n) is 6.93. The Bertz CT molecular complexity index is 1390. The third kappa shape index (κ3) is 4.20. The standard InChI is InChI=1S/C32H37NO8/c1-8-40-26(36)25-30(6,19(2)35)31(7,39)22(18-34)24(20-14-10-9-11-15-20)32(25)21-16-12-13-17-23(21)33(27(32)37)28(38)41-29(3,4)5/h9-18,22,24-25,39H,8H2,1-7H3/t22-,24-,25+,30+,31-,32-/m0/s1. The maximum Gasteiger partial charge on any atom is 0.421 e. The molecule has 9 heteroatoms. The van der Waals surface area contributed by atoms with Gasteiger partial charge in [-0.25, -0.2) is 9.69 Å². The van der Waals surface area contributed by atoms with E-state index in [1.165, 1.54) is 20.8 Å². The summed E-state index contributed by atoms with van der Waals surface area (Å²) in [6.45, 7) is 10.5. The number of rotatable bonds is 5. The van der Waals surface area contributed by atoms with Crippen LogP contribution in [0.2, 0.25) is 0 Å². The van der Waals surface area contributed by atoms with E-state index in [9.17, 15) is 24.3 Å². The van der Waals surface area contributed by atoms with Crippen molar-refractivity contribution in [2.75, 3.05) is 11.5 Å². The number of carbonyl (C=O) groups is 5. The Kier molecular flexibility index (Phi) is 7.50. The van der Waals surface area contributed by atoms with Crippen LogP contribution in [-0.2, 0) is 34.1 Å². The summed E-state index contributed by atoms with van der Waals surface area (Å²) in [5.74, 6) is -6.48. The van der Waals surface area contributed by atoms with Gasteiger partial charge in [-0.2, -0.15) is 0 Å². The zero-order valence-electron chi connectivity index (χ0n) is 24.5. The first-order valence-corrected chi connectivity index (χ1v) is 13.7. The number of fused-ring (bicyclic) bond motifs is 2. The van der Waals surface area contributed by atoms with E-state index >= 15 is 4.79 Å². The molecule has 1 heterocycles. The molecule has 41 heavy (non-hydrogen) atoms. The summed E-state index contributed by atoms with van der Waals surface area (Å²) in [5, 5.41) is 12.2. The Morgan fingerprint density at radius 1 is 1.02 bits per heavy atom. The van der Waals surface area contributed by atoms with Crippen LogP contribution >= 0.6 is 0 Å². The van der Waals surface area contributed by atoms with Crippen LogP contribution in [0.15, 0.2) is 54.6 Å². The minimum Gasteiger partial charge on any atom is -0.466 e. The molecule has 2 amide bonds. The zero-order chi connectivity index (χ0) is 30.5. The smallest absolute Gasteiger partial charge is 0.421 e. The molecule has 1 fully saturated rings. The van der Waals surface area contributed by atoms with Crippen LogP contribution in [0.1, 0.15) is 65.5 Å². The Morgan fingerprint density at radius 2 is 1.61 bits per heavy atom. The number of nitrogens with zero attached hydrogens (tertiary/aromatic N) is 1. The summed E-state index contributed by atoms with van der Waals surface area (Å²) in [7, 11) is 0. The molecule has 1 aliphatic heterocycles. The third-order valence-corrected chi connectivity index (χ3v) is 8.87. The van der Waals surface area contributed by atoms with Crippen LogP contribution in [-0.4, -0.2) is 53.0 Å². The average molecular weight is 564 g/mol. The summed E-state index contributed by atoms with van der Waals surface area (Å²) >= 11 is 0. The molecule has 0 saturated heterocycles. The van der Waals surface area contributed by atoms with Gasteiger partial charge in [0.15, 0.2) is 0 Å². The number of hydrogen-bond donors (Lipinski definition) is 1. The number of hydrogen-bond acceptors (Lipinski definition) is 8. The number of benzene rings is 2. The molecule has 9 nitrogen and oxygen atoms in total. The number of aliphatic hydroxyl groups is 1. The van der Waals surface area contributed by atoms with E-state index in [1.807, 2.05) is 0 Å². The summed E-state index contributed by atoms with van der Waals surface area (Å²) in [6, 6.07) is 15.1. The number of esters is 1. The number of carbonyl (C=O) groups excluding carboxylic acids is 5. The molecule has 0 bridgehead atoms. The highest BCUT2D eigenvalue weighted by molar-refractivity contribution is 6.23. The monoisotopic (exact) mass is 563 g/mol. The van der Waals surface area contributed by atoms with Gasteiger partial charge in [-0.15, -0.1) is 0 Å². The number of amides is 2. The van der Waals surface area contributed by atoms with Crippen LogP contribution in [0.25, 0.3) is 0 Å². The van der Waals surface area contributed by atoms with Crippen molar-refractivity contribution in [3.8, 4) is 0 Å². The number of ether oxygens (including phenoxy) is 2. The van der Waals surface area contributed by atoms with Gasteiger partial charge in [0.2, 0.25) is 5.91 Å². The van der Waals surface area contributed by atoms with Crippen LogP contribution in [0, 0.1) is 17.3 Å². The van der Waals surface area contributed by atoms with Crippen molar-refractivity contribution in [3.05, 3.63) is 65.7 Å². The molecule has 6 atom stereocenters. The van der Waals surface area contributed by atoms with Crippen LogP contribution in [0.3, 0.4) is 0 Å². The van der Waals surface area contributed by atoms with Gasteiger partial charge in [0, 0.05) is 5.92 Å². The molecular weight excluding hydrogens is 526 g/mol. The summed E-state index contributed by atoms with van der Waals surface area (Å²) in [6.07, 6.45) is -0.431. The van der Waals surface area contributed by atoms with Crippen molar-refractivity contribution in [2.45, 2.75) is 71.0 Å². The van der Waals surface area contributed by atoms with Gasteiger partial charge in [-0.1, -0.05) is 48.5 Å². The van der Waals surface area contributed by atoms with E-state index in [-0.39, 0.29) is 17.9 Å². The molecule has 2 aromatic rings. The van der Waals surface area contributed by atoms with Crippen LogP contribution < -0.4 is 4.90 Å². The fraction of sp³-hybridized carbons (Fsp3) is 0.469. The Morgan fingerprint density at radius 3 is 2.15 bits per heavy atom. The van der Waals surface area contributed by atoms with E-state index in [4.69, 9.17) is 9.47 Å². The lowest BCUT2D eigenvalue weighted by Crippen LogP contribution is -2.73. The first-order valence-electron chi connectivity index (χ1n) is 13.7. The molecule has 0 aromatic heterocycles. The predicted molar refractivity (Wildman–Crippen MR) is 150 cm³/mol. The molecule has 0 unspecified atom stereocenters. The average Bonchev–Trinajstić information content (AvgIpc) is 3.14. The molecule has 1 N–H and O–H groups in total. The number of ketones is 1. The van der Waals surface area contributed by atoms with Gasteiger partial charge in [0.1, 0.15) is 17.7 Å². The quantitative estimate of drug-likeness (QED) is 0.420. The van der Waals surface area contributed by atoms with Crippen molar-refractivity contribution in [2.24, 2.45) is 17.3 Å². The largest absolute Gasteiger partial charge is 0.466 e. The van der Waals surface area contributed by atoms with E-state index in [0.717, 1.165) is 4.90 Å². The van der Waals surface area contributed by atoms with E-state index in [0.29, 0.717) is 11.8 Å². The van der Waals surface area contributed by atoms with Crippen molar-refractivity contribution in [1.82, 2.24) is 0 Å². The van der Waals surface area contributed by atoms with Crippen LogP contribution in [0.4, 0.5) is 10.5 Å². The molecule has 4 rings (SSSR count). The Hall–Kier alpha value is -3.85. The highest BCUT2D eigenvalue weighted by Gasteiger charge is 2.78. The molecule has 1 aliphatic carbocycles. The Balaban J connectivity index is 2.21. The molecule has 2 aromatic carbocycles. The number of para-hydroxylation sites is 1. The van der Waals surface area contributed by atoms with E-state index in [2.05, 4.69) is 0 Å². The normalized spacial score (nSPS) is 31.0. The maximum atomic E-state index is 15.1. The highest BCUT2D eigenvalue weighted by Crippen LogP contribution is 2.68. The van der Waals surface area contributed by atoms with E-state index < -0.39 is 63.5 Å². The van der Waals surface area contributed by atoms with Crippen molar-refractivity contribution in [1.29, 1.82) is 0 Å². The number of Topliss-reactive ketones (excluding diaryl/α,β-unsaturated/α-hetero) is 1. The molecule has 1 saturated carbocycles. The lowest BCUT2D eigenvalue weighted by Gasteiger charge is -2.61. The number of anilines is 1. The van der Waals surface area contributed by atoms with Crippen molar-refractivity contribution in [3.63, 3.8) is 0 Å². The SMILES string of the molecule is CCOC(=O)[C@H]1[C@@]2(C(=O)N(C(=O)OC(C)(C)C)c3ccccc32)[C@@H](c2ccccc2)[C@H](C=O)[C@](C)(O)[C@]1(C)C(C)=O. The van der Waals surface area contributed by atoms with Gasteiger partial charge in [0.05, 0.1) is 40.6 Å². The molecule has 1 spiro atoms. The highest BCUT2D eigenvalue weighted by atomic mass is 16.6. The minimum atomic E-state index is -2.10. The van der Waals surface area contributed by atoms with Crippen LogP contribution in [0.5, 0.6) is 0 Å². The third-order valence-electron chi connectivity index (χ3n) is 8.87. The van der Waals surface area contributed by atoms with Crippen molar-refractivity contribution < 1.29 is 38.6 Å². The predicted octanol–water partition coefficient (Wildman–Crippen LogP) is 4.34. The lowest BCUT2D eigenvalue weighted by atomic mass is 9.40. The number of aldehydes is 1. The molecule has 218 valence electrons. The molecular formula is C32H37NO8. The van der Waals surface area contributed by atoms with Gasteiger partial charge >= 0.3 is 12.1 Å². The summed E-state index contributed by atoms with van der Waals surface area (Å²) < 4.78 is 11.1. The Labute approximate surface area is 239 Å². The number of imide groups is 1. The summed E-state index contributed by atoms with van der Waals surface area (Å²) in [4.78, 5) is 70.4. The topological polar surface area (TPSA) is 127 Å². The molecule has 0 radical (unpaired) electrons. The van der Waals surface area contributed by atoms with Gasteiger partial charge in [-0.05, 0) is 65.7 Å². The first-order chi connectivity index (χ1) is 19.1. The van der Waals surface area contributed by atoms with Gasteiger partial charge < -0.3 is 19.4 Å². The van der Waals surface area contributed by atoms with E-state index in [1.54, 1.807) is 82.3 Å². The maximum absolute atomic E-state index is 15.1. The van der Waals surface area contributed by atoms with Crippen molar-refractivity contribution >= 4 is 35.7 Å². The summed E-state index contributed by atoms with van der Waals surface area (Å²) in [5.41, 5.74) is -6.15. The minimum absolute atomic E-state index is 0.0692. The van der Waals surface area contributed by atoms with Gasteiger partial charge in [-0.3, -0.25) is 14.4 Å². The lowest BCUT2D eigenvalue weighted by molar-refractivity contribution is -0.207. The second-order valence-electron chi connectivity index (χ2n) is 12.1.